The molecule has 2 aromatic rings. The van der Waals surface area contributed by atoms with Crippen LogP contribution in [0.5, 0.6) is 5.75 Å². The first-order chi connectivity index (χ1) is 14.2. The molecule has 1 saturated heterocycles. The lowest BCUT2D eigenvalue weighted by atomic mass is 10.0. The molecule has 154 valence electrons. The van der Waals surface area contributed by atoms with Gasteiger partial charge in [0.05, 0.1) is 18.3 Å². The van der Waals surface area contributed by atoms with Crippen LogP contribution in [0.2, 0.25) is 0 Å². The van der Waals surface area contributed by atoms with Gasteiger partial charge in [-0.2, -0.15) is 0 Å². The van der Waals surface area contributed by atoms with Crippen molar-refractivity contribution in [1.29, 1.82) is 0 Å². The van der Waals surface area contributed by atoms with Crippen LogP contribution in [-0.2, 0) is 24.2 Å². The lowest BCUT2D eigenvalue weighted by molar-refractivity contribution is -0.132. The fourth-order valence-electron chi connectivity index (χ4n) is 4.11. The molecule has 1 aromatic heterocycles. The molecule has 0 bridgehead atoms. The van der Waals surface area contributed by atoms with Gasteiger partial charge < -0.3 is 15.0 Å². The highest BCUT2D eigenvalue weighted by molar-refractivity contribution is 5.76. The summed E-state index contributed by atoms with van der Waals surface area (Å²) >= 11 is 0. The highest BCUT2D eigenvalue weighted by atomic mass is 16.5. The highest BCUT2D eigenvalue weighted by Crippen LogP contribution is 2.23. The molecule has 0 unspecified atom stereocenters. The van der Waals surface area contributed by atoms with E-state index in [1.807, 2.05) is 42.3 Å². The Kier molecular flexibility index (Phi) is 6.39. The van der Waals surface area contributed by atoms with Crippen LogP contribution in [-0.4, -0.2) is 40.5 Å². The van der Waals surface area contributed by atoms with E-state index in [1.165, 1.54) is 12.8 Å². The van der Waals surface area contributed by atoms with Crippen LogP contribution in [0.25, 0.3) is 0 Å². The van der Waals surface area contributed by atoms with E-state index >= 15 is 0 Å². The van der Waals surface area contributed by atoms with Crippen molar-refractivity contribution in [2.24, 2.45) is 0 Å². The number of aromatic nitrogens is 2. The third-order valence-electron chi connectivity index (χ3n) is 5.79. The third-order valence-corrected chi connectivity index (χ3v) is 5.79. The van der Waals surface area contributed by atoms with Gasteiger partial charge >= 0.3 is 0 Å². The number of aryl methyl sites for hydroxylation is 1. The van der Waals surface area contributed by atoms with E-state index < -0.39 is 0 Å². The minimum absolute atomic E-state index is 0.197. The summed E-state index contributed by atoms with van der Waals surface area (Å²) in [6.45, 7) is 5.04. The molecule has 0 aliphatic carbocycles. The van der Waals surface area contributed by atoms with Crippen molar-refractivity contribution < 1.29 is 9.53 Å². The van der Waals surface area contributed by atoms with Crippen LogP contribution in [0.1, 0.15) is 61.3 Å². The first-order valence-corrected chi connectivity index (χ1v) is 10.8. The second-order valence-electron chi connectivity index (χ2n) is 7.84. The molecule has 1 amide bonds. The maximum absolute atomic E-state index is 12.7. The van der Waals surface area contributed by atoms with Crippen LogP contribution in [0.4, 0.5) is 0 Å². The van der Waals surface area contributed by atoms with E-state index in [1.54, 1.807) is 0 Å². The molecular weight excluding hydrogens is 364 g/mol. The largest absolute Gasteiger partial charge is 0.494 e. The number of hydrogen-bond acceptors (Lipinski definition) is 5. The number of carbonyl (C=O) groups excluding carboxylic acids is 1. The van der Waals surface area contributed by atoms with Gasteiger partial charge in [-0.3, -0.25) is 4.79 Å². The fourth-order valence-corrected chi connectivity index (χ4v) is 4.11. The average molecular weight is 395 g/mol. The standard InChI is InChI=1S/C23H30N4O2/c1-2-29-19-9-6-17(7-10-19)8-11-22(28)27-14-12-20-18(16-27)15-25-23(26-20)21-5-3-4-13-24-21/h6-7,9-10,15,21,24H,2-5,8,11-14,16H2,1H3/t21-/m0/s1. The quantitative estimate of drug-likeness (QED) is 0.815. The summed E-state index contributed by atoms with van der Waals surface area (Å²) in [6.07, 6.45) is 7.58. The van der Waals surface area contributed by atoms with Gasteiger partial charge in [-0.1, -0.05) is 18.6 Å². The number of nitrogens with zero attached hydrogens (tertiary/aromatic N) is 3. The van der Waals surface area contributed by atoms with Crippen LogP contribution in [0, 0.1) is 0 Å². The molecular formula is C23H30N4O2. The number of amides is 1. The van der Waals surface area contributed by atoms with Crippen molar-refractivity contribution >= 4 is 5.91 Å². The number of piperidine rings is 1. The van der Waals surface area contributed by atoms with Crippen LogP contribution >= 0.6 is 0 Å². The van der Waals surface area contributed by atoms with E-state index in [4.69, 9.17) is 9.72 Å². The monoisotopic (exact) mass is 394 g/mol. The van der Waals surface area contributed by atoms with Crippen molar-refractivity contribution in [3.63, 3.8) is 0 Å². The molecule has 1 aromatic carbocycles. The molecule has 1 atom stereocenters. The van der Waals surface area contributed by atoms with E-state index in [2.05, 4.69) is 10.3 Å². The molecule has 0 radical (unpaired) electrons. The summed E-state index contributed by atoms with van der Waals surface area (Å²) in [5, 5.41) is 3.51. The average Bonchev–Trinajstić information content (AvgIpc) is 2.78. The molecule has 29 heavy (non-hydrogen) atoms. The smallest absolute Gasteiger partial charge is 0.223 e. The van der Waals surface area contributed by atoms with Gasteiger partial charge in [0, 0.05) is 37.7 Å². The minimum atomic E-state index is 0.197. The molecule has 1 N–H and O–H groups in total. The Morgan fingerprint density at radius 3 is 2.90 bits per heavy atom. The zero-order chi connectivity index (χ0) is 20.1. The predicted octanol–water partition coefficient (Wildman–Crippen LogP) is 3.21. The maximum atomic E-state index is 12.7. The first kappa shape index (κ1) is 19.8. The molecule has 4 rings (SSSR count). The molecule has 3 heterocycles. The zero-order valence-corrected chi connectivity index (χ0v) is 17.2. The topological polar surface area (TPSA) is 67.3 Å². The van der Waals surface area contributed by atoms with Crippen molar-refractivity contribution in [1.82, 2.24) is 20.2 Å². The van der Waals surface area contributed by atoms with Crippen molar-refractivity contribution in [3.05, 3.63) is 53.1 Å². The number of benzene rings is 1. The predicted molar refractivity (Wildman–Crippen MR) is 112 cm³/mol. The fraction of sp³-hybridized carbons (Fsp3) is 0.522. The summed E-state index contributed by atoms with van der Waals surface area (Å²) in [7, 11) is 0. The van der Waals surface area contributed by atoms with E-state index in [-0.39, 0.29) is 11.9 Å². The van der Waals surface area contributed by atoms with Crippen LogP contribution < -0.4 is 10.1 Å². The first-order valence-electron chi connectivity index (χ1n) is 10.8. The summed E-state index contributed by atoms with van der Waals surface area (Å²) in [4.78, 5) is 24.1. The van der Waals surface area contributed by atoms with Gasteiger partial charge in [-0.15, -0.1) is 0 Å². The van der Waals surface area contributed by atoms with Crippen LogP contribution in [0.15, 0.2) is 30.5 Å². The number of hydrogen-bond donors (Lipinski definition) is 1. The van der Waals surface area contributed by atoms with Crippen molar-refractivity contribution in [2.45, 2.75) is 58.0 Å². The molecule has 6 heteroatoms. The normalized spacial score (nSPS) is 18.9. The highest BCUT2D eigenvalue weighted by Gasteiger charge is 2.24. The summed E-state index contributed by atoms with van der Waals surface area (Å²) in [5.41, 5.74) is 3.36. The van der Waals surface area contributed by atoms with Gasteiger partial charge in [0.15, 0.2) is 0 Å². The van der Waals surface area contributed by atoms with Gasteiger partial charge in [-0.25, -0.2) is 9.97 Å². The lowest BCUT2D eigenvalue weighted by Crippen LogP contribution is -2.37. The number of carbonyl (C=O) groups is 1. The third kappa shape index (κ3) is 4.93. The number of rotatable bonds is 6. The maximum Gasteiger partial charge on any atom is 0.223 e. The number of ether oxygens (including phenoxy) is 1. The second-order valence-corrected chi connectivity index (χ2v) is 7.84. The van der Waals surface area contributed by atoms with Crippen molar-refractivity contribution in [3.8, 4) is 5.75 Å². The van der Waals surface area contributed by atoms with E-state index in [0.29, 0.717) is 19.6 Å². The van der Waals surface area contributed by atoms with E-state index in [0.717, 1.165) is 60.7 Å². The Morgan fingerprint density at radius 2 is 2.14 bits per heavy atom. The SMILES string of the molecule is CCOc1ccc(CCC(=O)N2CCc3nc([C@@H]4CCCCN4)ncc3C2)cc1. The Hall–Kier alpha value is -2.47. The van der Waals surface area contributed by atoms with Gasteiger partial charge in [0.2, 0.25) is 5.91 Å². The Balaban J connectivity index is 1.32. The second kappa shape index (κ2) is 9.35. The molecule has 0 spiro atoms. The summed E-state index contributed by atoms with van der Waals surface area (Å²) < 4.78 is 5.47. The molecule has 2 aliphatic heterocycles. The zero-order valence-electron chi connectivity index (χ0n) is 17.2. The Morgan fingerprint density at radius 1 is 1.28 bits per heavy atom. The molecule has 1 fully saturated rings. The van der Waals surface area contributed by atoms with Gasteiger partial charge in [0.1, 0.15) is 11.6 Å². The molecule has 6 nitrogen and oxygen atoms in total. The number of fused-ring (bicyclic) bond motifs is 1. The van der Waals surface area contributed by atoms with E-state index in [9.17, 15) is 4.79 Å². The van der Waals surface area contributed by atoms with Gasteiger partial charge in [-0.05, 0) is 50.4 Å². The molecule has 0 saturated carbocycles. The summed E-state index contributed by atoms with van der Waals surface area (Å²) in [5.74, 6) is 1.99. The molecule has 2 aliphatic rings. The summed E-state index contributed by atoms with van der Waals surface area (Å²) in [6, 6.07) is 8.30. The Labute approximate surface area is 172 Å². The van der Waals surface area contributed by atoms with Gasteiger partial charge in [0.25, 0.3) is 0 Å². The minimum Gasteiger partial charge on any atom is -0.494 e. The lowest BCUT2D eigenvalue weighted by Gasteiger charge is -2.29. The Bertz CT molecular complexity index is 831. The number of nitrogens with one attached hydrogen (secondary N) is 1. The van der Waals surface area contributed by atoms with Crippen molar-refractivity contribution in [2.75, 3.05) is 19.7 Å². The van der Waals surface area contributed by atoms with Crippen LogP contribution in [0.3, 0.4) is 0 Å².